The largest absolute Gasteiger partial charge is 0.481 e. The Morgan fingerprint density at radius 2 is 1.88 bits per heavy atom. The third kappa shape index (κ3) is 3.30. The summed E-state index contributed by atoms with van der Waals surface area (Å²) in [6.07, 6.45) is 2.32. The Balaban J connectivity index is 1.79. The lowest BCUT2D eigenvalue weighted by Gasteiger charge is -2.41. The van der Waals surface area contributed by atoms with Gasteiger partial charge in [-0.05, 0) is 38.3 Å². The molecule has 0 spiro atoms. The molecule has 2 N–H and O–H groups in total. The van der Waals surface area contributed by atoms with Crippen LogP contribution in [0.25, 0.3) is 11.3 Å². The molecule has 0 radical (unpaired) electrons. The Kier molecular flexibility index (Phi) is 4.34. The summed E-state index contributed by atoms with van der Waals surface area (Å²) in [6, 6.07) is 13.3. The van der Waals surface area contributed by atoms with E-state index in [1.165, 1.54) is 0 Å². The van der Waals surface area contributed by atoms with Crippen molar-refractivity contribution in [3.63, 3.8) is 0 Å². The molecular weight excluding hydrogens is 304 g/mol. The van der Waals surface area contributed by atoms with Gasteiger partial charge in [-0.3, -0.25) is 14.6 Å². The van der Waals surface area contributed by atoms with Gasteiger partial charge < -0.3 is 10.4 Å². The normalized spacial score (nSPS) is 15.4. The van der Waals surface area contributed by atoms with Gasteiger partial charge in [-0.15, -0.1) is 0 Å². The van der Waals surface area contributed by atoms with Crippen molar-refractivity contribution in [3.05, 3.63) is 53.7 Å². The smallest absolute Gasteiger partial charge is 0.305 e. The van der Waals surface area contributed by atoms with Crippen LogP contribution in [0.15, 0.2) is 42.5 Å². The zero-order chi connectivity index (χ0) is 17.2. The van der Waals surface area contributed by atoms with Gasteiger partial charge in [0.1, 0.15) is 0 Å². The Morgan fingerprint density at radius 3 is 2.42 bits per heavy atom. The van der Waals surface area contributed by atoms with E-state index in [-0.39, 0.29) is 12.3 Å². The maximum absolute atomic E-state index is 12.6. The van der Waals surface area contributed by atoms with Crippen LogP contribution in [-0.2, 0) is 4.79 Å². The van der Waals surface area contributed by atoms with Crippen LogP contribution in [0.2, 0.25) is 0 Å². The Morgan fingerprint density at radius 1 is 1.17 bits per heavy atom. The highest BCUT2D eigenvalue weighted by atomic mass is 16.4. The van der Waals surface area contributed by atoms with Gasteiger partial charge in [0.05, 0.1) is 28.9 Å². The number of hydrogen-bond donors (Lipinski definition) is 2. The van der Waals surface area contributed by atoms with E-state index in [4.69, 9.17) is 5.11 Å². The molecule has 1 aromatic heterocycles. The molecule has 24 heavy (non-hydrogen) atoms. The molecule has 1 amide bonds. The van der Waals surface area contributed by atoms with Crippen molar-refractivity contribution in [2.24, 2.45) is 0 Å². The fourth-order valence-electron chi connectivity index (χ4n) is 3.12. The van der Waals surface area contributed by atoms with E-state index in [0.29, 0.717) is 24.1 Å². The van der Waals surface area contributed by atoms with Crippen LogP contribution < -0.4 is 5.32 Å². The van der Waals surface area contributed by atoms with Crippen LogP contribution in [0, 0.1) is 6.92 Å². The van der Waals surface area contributed by atoms with E-state index < -0.39 is 11.5 Å². The highest BCUT2D eigenvalue weighted by molar-refractivity contribution is 5.96. The van der Waals surface area contributed by atoms with Gasteiger partial charge in [-0.25, -0.2) is 0 Å². The lowest BCUT2D eigenvalue weighted by Crippen LogP contribution is -2.54. The summed E-state index contributed by atoms with van der Waals surface area (Å²) in [5.74, 6) is -1.13. The minimum atomic E-state index is -0.885. The number of aliphatic carboxylic acids is 1. The first-order valence-electron chi connectivity index (χ1n) is 8.06. The average molecular weight is 324 g/mol. The molecule has 0 unspecified atom stereocenters. The highest BCUT2D eigenvalue weighted by Crippen LogP contribution is 2.35. The molecule has 1 aromatic carbocycles. The van der Waals surface area contributed by atoms with Crippen molar-refractivity contribution in [1.29, 1.82) is 0 Å². The summed E-state index contributed by atoms with van der Waals surface area (Å²) in [7, 11) is 0. The quantitative estimate of drug-likeness (QED) is 0.885. The van der Waals surface area contributed by atoms with E-state index in [1.54, 1.807) is 13.0 Å². The fraction of sp³-hybridized carbons (Fsp3) is 0.316. The molecule has 0 bridgehead atoms. The van der Waals surface area contributed by atoms with Gasteiger partial charge in [-0.1, -0.05) is 30.3 Å². The van der Waals surface area contributed by atoms with E-state index in [1.807, 2.05) is 36.4 Å². The lowest BCUT2D eigenvalue weighted by molar-refractivity contribution is -0.139. The Bertz CT molecular complexity index is 767. The van der Waals surface area contributed by atoms with Crippen LogP contribution in [0.1, 0.15) is 41.7 Å². The van der Waals surface area contributed by atoms with E-state index >= 15 is 0 Å². The number of rotatable bonds is 5. The second-order valence-corrected chi connectivity index (χ2v) is 6.35. The van der Waals surface area contributed by atoms with E-state index in [9.17, 15) is 9.59 Å². The predicted molar refractivity (Wildman–Crippen MR) is 90.7 cm³/mol. The molecule has 124 valence electrons. The Hall–Kier alpha value is -2.69. The number of amides is 1. The maximum atomic E-state index is 12.6. The molecule has 5 nitrogen and oxygen atoms in total. The number of hydrogen-bond acceptors (Lipinski definition) is 3. The maximum Gasteiger partial charge on any atom is 0.305 e. The fourth-order valence-corrected chi connectivity index (χ4v) is 3.12. The van der Waals surface area contributed by atoms with Crippen molar-refractivity contribution in [1.82, 2.24) is 10.3 Å². The first-order valence-corrected chi connectivity index (χ1v) is 8.06. The van der Waals surface area contributed by atoms with E-state index in [2.05, 4.69) is 10.3 Å². The molecule has 2 aromatic rings. The standard InChI is InChI=1S/C19H20N2O3/c1-13-15(8-9-16(20-13)14-6-3-2-4-7-14)18(24)21-19(10-5-11-19)12-17(22)23/h2-4,6-9H,5,10-12H2,1H3,(H,21,24)(H,22,23). The third-order valence-corrected chi connectivity index (χ3v) is 4.58. The summed E-state index contributed by atoms with van der Waals surface area (Å²) in [5.41, 5.74) is 2.33. The van der Waals surface area contributed by atoms with Crippen molar-refractivity contribution < 1.29 is 14.7 Å². The molecule has 1 aliphatic rings. The average Bonchev–Trinajstić information content (AvgIpc) is 2.53. The number of nitrogens with zero attached hydrogens (tertiary/aromatic N) is 1. The predicted octanol–water partition coefficient (Wildman–Crippen LogP) is 3.18. The summed E-state index contributed by atoms with van der Waals surface area (Å²) in [5, 5.41) is 12.0. The second-order valence-electron chi connectivity index (χ2n) is 6.35. The van der Waals surface area contributed by atoms with Gasteiger partial charge in [0.15, 0.2) is 0 Å². The van der Waals surface area contributed by atoms with Crippen LogP contribution in [-0.4, -0.2) is 27.5 Å². The number of aryl methyl sites for hydroxylation is 1. The lowest BCUT2D eigenvalue weighted by atomic mass is 9.74. The van der Waals surface area contributed by atoms with Crippen LogP contribution in [0.3, 0.4) is 0 Å². The number of nitrogens with one attached hydrogen (secondary N) is 1. The van der Waals surface area contributed by atoms with Gasteiger partial charge in [0.2, 0.25) is 0 Å². The third-order valence-electron chi connectivity index (χ3n) is 4.58. The molecule has 1 fully saturated rings. The SMILES string of the molecule is Cc1nc(-c2ccccc2)ccc1C(=O)NC1(CC(=O)O)CCC1. The van der Waals surface area contributed by atoms with Crippen LogP contribution >= 0.6 is 0 Å². The summed E-state index contributed by atoms with van der Waals surface area (Å²) >= 11 is 0. The molecule has 1 heterocycles. The first kappa shape index (κ1) is 16.2. The number of carboxylic acid groups (broad SMARTS) is 1. The van der Waals surface area contributed by atoms with Crippen molar-refractivity contribution in [2.75, 3.05) is 0 Å². The zero-order valence-corrected chi connectivity index (χ0v) is 13.6. The monoisotopic (exact) mass is 324 g/mol. The van der Waals surface area contributed by atoms with Gasteiger partial charge >= 0.3 is 5.97 Å². The number of aromatic nitrogens is 1. The highest BCUT2D eigenvalue weighted by Gasteiger charge is 2.40. The minimum Gasteiger partial charge on any atom is -0.481 e. The molecule has 5 heteroatoms. The second kappa shape index (κ2) is 6.43. The summed E-state index contributed by atoms with van der Waals surface area (Å²) in [4.78, 5) is 28.1. The van der Waals surface area contributed by atoms with E-state index in [0.717, 1.165) is 17.7 Å². The minimum absolute atomic E-state index is 0.0344. The zero-order valence-electron chi connectivity index (χ0n) is 13.6. The molecule has 1 saturated carbocycles. The van der Waals surface area contributed by atoms with Crippen molar-refractivity contribution in [3.8, 4) is 11.3 Å². The molecular formula is C19H20N2O3. The molecule has 1 aliphatic carbocycles. The van der Waals surface area contributed by atoms with Gasteiger partial charge in [0, 0.05) is 5.56 Å². The van der Waals surface area contributed by atoms with Crippen LogP contribution in [0.4, 0.5) is 0 Å². The van der Waals surface area contributed by atoms with Crippen LogP contribution in [0.5, 0.6) is 0 Å². The molecule has 0 aliphatic heterocycles. The number of pyridine rings is 1. The number of carboxylic acids is 1. The molecule has 0 atom stereocenters. The van der Waals surface area contributed by atoms with Gasteiger partial charge in [-0.2, -0.15) is 0 Å². The van der Waals surface area contributed by atoms with Crippen molar-refractivity contribution in [2.45, 2.75) is 38.1 Å². The summed E-state index contributed by atoms with van der Waals surface area (Å²) < 4.78 is 0. The van der Waals surface area contributed by atoms with Gasteiger partial charge in [0.25, 0.3) is 5.91 Å². The number of carbonyl (C=O) groups is 2. The molecule has 3 rings (SSSR count). The molecule has 0 saturated heterocycles. The summed E-state index contributed by atoms with van der Waals surface area (Å²) in [6.45, 7) is 1.80. The number of benzene rings is 1. The Labute approximate surface area is 140 Å². The number of carbonyl (C=O) groups excluding carboxylic acids is 1. The van der Waals surface area contributed by atoms with Crippen molar-refractivity contribution >= 4 is 11.9 Å². The first-order chi connectivity index (χ1) is 11.5. The topological polar surface area (TPSA) is 79.3 Å².